The van der Waals surface area contributed by atoms with Gasteiger partial charge in [0.1, 0.15) is 17.2 Å². The molecule has 4 aliphatic rings. The molecule has 3 aliphatic heterocycles. The number of fused-ring (bicyclic) bond motifs is 3. The van der Waals surface area contributed by atoms with Crippen LogP contribution in [0.25, 0.3) is 0 Å². The van der Waals surface area contributed by atoms with E-state index in [9.17, 15) is 14.4 Å². The van der Waals surface area contributed by atoms with Crippen LogP contribution in [-0.4, -0.2) is 59.5 Å². The Morgan fingerprint density at radius 2 is 1.83 bits per heavy atom. The number of H-pyrrole nitrogens is 1. The van der Waals surface area contributed by atoms with Gasteiger partial charge in [-0.15, -0.1) is 0 Å². The van der Waals surface area contributed by atoms with Crippen LogP contribution in [0.15, 0.2) is 16.9 Å². The lowest BCUT2D eigenvalue weighted by Crippen LogP contribution is -2.44. The molecule has 1 N–H and O–H groups in total. The minimum absolute atomic E-state index is 0.0885. The Hall–Kier alpha value is -3.43. The maximum atomic E-state index is 15.4. The number of amides is 1. The van der Waals surface area contributed by atoms with Gasteiger partial charge in [-0.2, -0.15) is 0 Å². The first-order valence-corrected chi connectivity index (χ1v) is 12.8. The van der Waals surface area contributed by atoms with Gasteiger partial charge in [0.15, 0.2) is 6.61 Å². The first-order chi connectivity index (χ1) is 17.4. The first-order valence-electron chi connectivity index (χ1n) is 12.8. The highest BCUT2D eigenvalue weighted by Gasteiger charge is 2.50. The highest BCUT2D eigenvalue weighted by atomic mass is 19.1. The Kier molecular flexibility index (Phi) is 5.69. The van der Waals surface area contributed by atoms with Gasteiger partial charge in [0.05, 0.1) is 11.3 Å². The van der Waals surface area contributed by atoms with Gasteiger partial charge >= 0.3 is 5.97 Å². The Balaban J connectivity index is 1.18. The predicted octanol–water partition coefficient (Wildman–Crippen LogP) is 2.46. The van der Waals surface area contributed by atoms with E-state index in [2.05, 4.69) is 4.98 Å². The zero-order valence-corrected chi connectivity index (χ0v) is 20.1. The molecule has 190 valence electrons. The fourth-order valence-electron chi connectivity index (χ4n) is 5.95. The molecule has 1 aromatic carbocycles. The van der Waals surface area contributed by atoms with E-state index in [1.165, 1.54) is 12.1 Å². The lowest BCUT2D eigenvalue weighted by atomic mass is 9.83. The smallest absolute Gasteiger partial charge is 0.339 e. The number of hydrogen-bond donors (Lipinski definition) is 1. The van der Waals surface area contributed by atoms with Crippen molar-refractivity contribution in [1.29, 1.82) is 0 Å². The lowest BCUT2D eigenvalue weighted by molar-refractivity contribution is -0.132. The van der Waals surface area contributed by atoms with Crippen molar-refractivity contribution in [3.05, 3.63) is 50.7 Å². The van der Waals surface area contributed by atoms with Gasteiger partial charge in [0.2, 0.25) is 5.95 Å². The number of benzene rings is 1. The summed E-state index contributed by atoms with van der Waals surface area (Å²) in [7, 11) is 0. The molecule has 1 spiro atoms. The Bertz CT molecular complexity index is 1280. The van der Waals surface area contributed by atoms with Crippen LogP contribution in [-0.2, 0) is 28.0 Å². The quantitative estimate of drug-likeness (QED) is 0.649. The summed E-state index contributed by atoms with van der Waals surface area (Å²) in [5.74, 6) is -0.647. The summed E-state index contributed by atoms with van der Waals surface area (Å²) in [4.78, 5) is 48.9. The molecule has 36 heavy (non-hydrogen) atoms. The number of likely N-dealkylation sites (tertiary alicyclic amines) is 1. The highest BCUT2D eigenvalue weighted by Crippen LogP contribution is 2.46. The van der Waals surface area contributed by atoms with Crippen molar-refractivity contribution in [2.45, 2.75) is 57.0 Å². The van der Waals surface area contributed by atoms with Gasteiger partial charge in [0, 0.05) is 56.2 Å². The number of aryl methyl sites for hydroxylation is 1. The molecule has 1 amide bonds. The van der Waals surface area contributed by atoms with E-state index in [1.807, 2.05) is 4.90 Å². The molecule has 9 nitrogen and oxygen atoms in total. The number of aromatic amines is 1. The van der Waals surface area contributed by atoms with Crippen LogP contribution >= 0.6 is 0 Å². The van der Waals surface area contributed by atoms with E-state index in [0.717, 1.165) is 49.8 Å². The van der Waals surface area contributed by atoms with Crippen LogP contribution in [0.2, 0.25) is 0 Å². The van der Waals surface area contributed by atoms with Gasteiger partial charge < -0.3 is 19.3 Å². The predicted molar refractivity (Wildman–Crippen MR) is 128 cm³/mol. The molecule has 10 heteroatoms. The van der Waals surface area contributed by atoms with Gasteiger partial charge in [-0.05, 0) is 44.6 Å². The number of ether oxygens (including phenoxy) is 2. The fourth-order valence-corrected chi connectivity index (χ4v) is 5.95. The number of anilines is 1. The van der Waals surface area contributed by atoms with Crippen LogP contribution in [0.3, 0.4) is 0 Å². The first kappa shape index (κ1) is 23.0. The summed E-state index contributed by atoms with van der Waals surface area (Å²) >= 11 is 0. The average molecular weight is 497 g/mol. The number of nitrogens with zero attached hydrogens (tertiary/aromatic N) is 3. The summed E-state index contributed by atoms with van der Waals surface area (Å²) in [6, 6.07) is 2.70. The lowest BCUT2D eigenvalue weighted by Gasteiger charge is -2.39. The third kappa shape index (κ3) is 3.92. The normalized spacial score (nSPS) is 20.3. The molecule has 0 bridgehead atoms. The second-order valence-electron chi connectivity index (χ2n) is 10.1. The molecule has 2 saturated heterocycles. The van der Waals surface area contributed by atoms with Crippen molar-refractivity contribution >= 4 is 17.8 Å². The number of rotatable bonds is 4. The Morgan fingerprint density at radius 1 is 1.08 bits per heavy atom. The van der Waals surface area contributed by atoms with Gasteiger partial charge in [0.25, 0.3) is 11.5 Å². The van der Waals surface area contributed by atoms with Crippen LogP contribution < -0.4 is 15.2 Å². The zero-order valence-electron chi connectivity index (χ0n) is 20.1. The molecule has 4 heterocycles. The summed E-state index contributed by atoms with van der Waals surface area (Å²) in [6.07, 6.45) is 6.28. The SMILES string of the molecule is O=C1OC2(CCN(c3nc4c(c(=O)[nH]3)CCCC4)CC2)c2c(F)cc(OCC(=O)N3CCCC3)cc21. The molecule has 1 aromatic heterocycles. The monoisotopic (exact) mass is 496 g/mol. The number of hydrogen-bond acceptors (Lipinski definition) is 7. The topological polar surface area (TPSA) is 105 Å². The molecule has 2 aromatic rings. The second-order valence-corrected chi connectivity index (χ2v) is 10.1. The molecular weight excluding hydrogens is 467 g/mol. The van der Waals surface area contributed by atoms with E-state index in [0.29, 0.717) is 45.0 Å². The van der Waals surface area contributed by atoms with Gasteiger partial charge in [-0.1, -0.05) is 0 Å². The van der Waals surface area contributed by atoms with Crippen molar-refractivity contribution in [2.24, 2.45) is 0 Å². The molecule has 0 atom stereocenters. The minimum Gasteiger partial charge on any atom is -0.484 e. The number of carbonyl (C=O) groups is 2. The summed E-state index contributed by atoms with van der Waals surface area (Å²) in [5, 5.41) is 0. The maximum absolute atomic E-state index is 15.4. The van der Waals surface area contributed by atoms with Crippen molar-refractivity contribution < 1.29 is 23.5 Å². The van der Waals surface area contributed by atoms with Crippen molar-refractivity contribution in [1.82, 2.24) is 14.9 Å². The fraction of sp³-hybridized carbons (Fsp3) is 0.538. The molecule has 6 rings (SSSR count). The van der Waals surface area contributed by atoms with E-state index >= 15 is 4.39 Å². The Morgan fingerprint density at radius 3 is 2.61 bits per heavy atom. The summed E-state index contributed by atoms with van der Waals surface area (Å²) < 4.78 is 26.7. The van der Waals surface area contributed by atoms with Gasteiger partial charge in [-0.25, -0.2) is 14.2 Å². The van der Waals surface area contributed by atoms with Crippen molar-refractivity contribution in [3.63, 3.8) is 0 Å². The Labute approximate surface area is 207 Å². The third-order valence-electron chi connectivity index (χ3n) is 7.90. The van der Waals surface area contributed by atoms with Crippen LogP contribution in [0.1, 0.15) is 65.7 Å². The number of aromatic nitrogens is 2. The summed E-state index contributed by atoms with van der Waals surface area (Å²) in [5.41, 5.74) is 0.879. The van der Waals surface area contributed by atoms with E-state index in [4.69, 9.17) is 14.5 Å². The number of esters is 1. The zero-order chi connectivity index (χ0) is 24.9. The third-order valence-corrected chi connectivity index (χ3v) is 7.90. The number of halogens is 1. The average Bonchev–Trinajstić information content (AvgIpc) is 3.51. The maximum Gasteiger partial charge on any atom is 0.339 e. The van der Waals surface area contributed by atoms with E-state index in [-0.39, 0.29) is 34.9 Å². The number of piperidine rings is 1. The van der Waals surface area contributed by atoms with Crippen LogP contribution in [0.4, 0.5) is 10.3 Å². The summed E-state index contributed by atoms with van der Waals surface area (Å²) in [6.45, 7) is 2.13. The van der Waals surface area contributed by atoms with Crippen molar-refractivity contribution in [3.8, 4) is 5.75 Å². The molecule has 2 fully saturated rings. The van der Waals surface area contributed by atoms with E-state index in [1.54, 1.807) is 4.90 Å². The molecular formula is C26H29FN4O5. The van der Waals surface area contributed by atoms with Gasteiger partial charge in [-0.3, -0.25) is 14.6 Å². The molecule has 0 saturated carbocycles. The standard InChI is InChI=1S/C26H29FN4O5/c27-19-14-16(35-15-21(32)30-9-3-4-10-30)13-18-22(19)26(36-24(18)34)7-11-31(12-8-26)25-28-20-6-2-1-5-17(20)23(33)29-25/h13-14H,1-12,15H2,(H,28,29,33). The number of carbonyl (C=O) groups excluding carboxylic acids is 2. The van der Waals surface area contributed by atoms with Crippen LogP contribution in [0, 0.1) is 5.82 Å². The van der Waals surface area contributed by atoms with E-state index < -0.39 is 17.4 Å². The van der Waals surface area contributed by atoms with Crippen LogP contribution in [0.5, 0.6) is 5.75 Å². The second kappa shape index (κ2) is 8.90. The van der Waals surface area contributed by atoms with Crippen molar-refractivity contribution in [2.75, 3.05) is 37.7 Å². The minimum atomic E-state index is -1.06. The molecule has 0 unspecified atom stereocenters. The largest absolute Gasteiger partial charge is 0.484 e. The molecule has 1 aliphatic carbocycles. The molecule has 0 radical (unpaired) electrons. The highest BCUT2D eigenvalue weighted by molar-refractivity contribution is 5.95. The number of nitrogens with one attached hydrogen (secondary N) is 1.